The van der Waals surface area contributed by atoms with Crippen molar-refractivity contribution in [2.75, 3.05) is 12.8 Å². The Hall–Kier alpha value is -1.89. The fraction of sp³-hybridized carbons (Fsp3) is 0.350. The summed E-state index contributed by atoms with van der Waals surface area (Å²) in [5, 5.41) is 3.03. The molecule has 0 aromatic heterocycles. The van der Waals surface area contributed by atoms with Gasteiger partial charge in [-0.3, -0.25) is 4.79 Å². The lowest BCUT2D eigenvalue weighted by molar-refractivity contribution is -0.124. The van der Waals surface area contributed by atoms with Gasteiger partial charge in [0, 0.05) is 18.7 Å². The van der Waals surface area contributed by atoms with Gasteiger partial charge in [0.15, 0.2) is 9.84 Å². The smallest absolute Gasteiger partial charge is 0.224 e. The van der Waals surface area contributed by atoms with Crippen LogP contribution in [-0.4, -0.2) is 27.1 Å². The molecular formula is C20H27ClN2O3S. The Balaban J connectivity index is 0.00000364. The van der Waals surface area contributed by atoms with E-state index in [-0.39, 0.29) is 35.7 Å². The zero-order valence-corrected chi connectivity index (χ0v) is 17.7. The summed E-state index contributed by atoms with van der Waals surface area (Å²) in [5.74, 6) is -0.497. The normalized spacial score (nSPS) is 13.4. The molecule has 27 heavy (non-hydrogen) atoms. The molecule has 0 saturated heterocycles. The maximum atomic E-state index is 12.5. The number of hydrogen-bond donors (Lipinski definition) is 2. The highest BCUT2D eigenvalue weighted by atomic mass is 35.5. The van der Waals surface area contributed by atoms with E-state index in [1.54, 1.807) is 25.1 Å². The topological polar surface area (TPSA) is 89.3 Å². The Morgan fingerprint density at radius 2 is 1.81 bits per heavy atom. The molecule has 2 unspecified atom stereocenters. The Morgan fingerprint density at radius 1 is 1.15 bits per heavy atom. The van der Waals surface area contributed by atoms with E-state index in [1.165, 1.54) is 6.26 Å². The Labute approximate surface area is 167 Å². The number of sulfone groups is 1. The van der Waals surface area contributed by atoms with Crippen molar-refractivity contribution in [1.29, 1.82) is 0 Å². The maximum absolute atomic E-state index is 12.5. The van der Waals surface area contributed by atoms with Crippen LogP contribution < -0.4 is 11.1 Å². The molecule has 2 atom stereocenters. The molecule has 0 saturated carbocycles. The Morgan fingerprint density at radius 3 is 2.37 bits per heavy atom. The van der Waals surface area contributed by atoms with Gasteiger partial charge in [-0.1, -0.05) is 42.8 Å². The van der Waals surface area contributed by atoms with E-state index in [1.807, 2.05) is 38.1 Å². The SMILES string of the molecule is Cc1ccc(C(NC(=O)C(C)CN)c2cccc(S(C)(=O)=O)c2)c(C)c1.Cl. The first kappa shape index (κ1) is 23.1. The highest BCUT2D eigenvalue weighted by molar-refractivity contribution is 7.90. The van der Waals surface area contributed by atoms with Crippen molar-refractivity contribution in [3.63, 3.8) is 0 Å². The van der Waals surface area contributed by atoms with Gasteiger partial charge in [-0.15, -0.1) is 12.4 Å². The van der Waals surface area contributed by atoms with Crippen molar-refractivity contribution in [3.05, 3.63) is 64.7 Å². The summed E-state index contributed by atoms with van der Waals surface area (Å²) in [6, 6.07) is 12.2. The number of halogens is 1. The molecule has 0 aliphatic heterocycles. The highest BCUT2D eigenvalue weighted by Gasteiger charge is 2.22. The minimum Gasteiger partial charge on any atom is -0.345 e. The molecule has 0 radical (unpaired) electrons. The van der Waals surface area contributed by atoms with Crippen LogP contribution in [0.3, 0.4) is 0 Å². The third-order valence-electron chi connectivity index (χ3n) is 4.44. The van der Waals surface area contributed by atoms with Gasteiger partial charge < -0.3 is 11.1 Å². The van der Waals surface area contributed by atoms with Crippen LogP contribution in [0, 0.1) is 19.8 Å². The van der Waals surface area contributed by atoms with Crippen molar-refractivity contribution in [1.82, 2.24) is 5.32 Å². The Bertz CT molecular complexity index is 913. The van der Waals surface area contributed by atoms with Gasteiger partial charge in [-0.05, 0) is 42.7 Å². The van der Waals surface area contributed by atoms with E-state index in [0.29, 0.717) is 0 Å². The molecule has 3 N–H and O–H groups in total. The van der Waals surface area contributed by atoms with Crippen LogP contribution in [0.15, 0.2) is 47.4 Å². The molecule has 0 aliphatic carbocycles. The van der Waals surface area contributed by atoms with Crippen LogP contribution in [0.4, 0.5) is 0 Å². The number of benzene rings is 2. The maximum Gasteiger partial charge on any atom is 0.224 e. The quantitative estimate of drug-likeness (QED) is 0.766. The van der Waals surface area contributed by atoms with Crippen molar-refractivity contribution in [2.24, 2.45) is 11.7 Å². The molecule has 2 rings (SSSR count). The number of nitrogens with one attached hydrogen (secondary N) is 1. The molecule has 0 bridgehead atoms. The summed E-state index contributed by atoms with van der Waals surface area (Å²) in [6.07, 6.45) is 1.17. The van der Waals surface area contributed by atoms with E-state index >= 15 is 0 Å². The largest absolute Gasteiger partial charge is 0.345 e. The summed E-state index contributed by atoms with van der Waals surface area (Å²) >= 11 is 0. The van der Waals surface area contributed by atoms with Crippen LogP contribution in [0.1, 0.15) is 35.2 Å². The fourth-order valence-corrected chi connectivity index (χ4v) is 3.48. The fourth-order valence-electron chi connectivity index (χ4n) is 2.81. The van der Waals surface area contributed by atoms with Gasteiger partial charge in [0.25, 0.3) is 0 Å². The molecule has 0 spiro atoms. The third-order valence-corrected chi connectivity index (χ3v) is 5.55. The molecule has 2 aromatic carbocycles. The number of hydrogen-bond acceptors (Lipinski definition) is 4. The number of amides is 1. The lowest BCUT2D eigenvalue weighted by Gasteiger charge is -2.24. The van der Waals surface area contributed by atoms with Gasteiger partial charge in [0.1, 0.15) is 0 Å². The second-order valence-corrected chi connectivity index (χ2v) is 8.80. The average molecular weight is 411 g/mol. The first-order valence-corrected chi connectivity index (χ1v) is 10.4. The average Bonchev–Trinajstić information content (AvgIpc) is 2.58. The van der Waals surface area contributed by atoms with E-state index in [9.17, 15) is 13.2 Å². The van der Waals surface area contributed by atoms with Gasteiger partial charge in [0.05, 0.1) is 10.9 Å². The van der Waals surface area contributed by atoms with Crippen LogP contribution in [0.25, 0.3) is 0 Å². The number of rotatable bonds is 6. The number of aryl methyl sites for hydroxylation is 2. The van der Waals surface area contributed by atoms with Gasteiger partial charge in [0.2, 0.25) is 5.91 Å². The minimum atomic E-state index is -3.34. The molecule has 2 aromatic rings. The second kappa shape index (κ2) is 9.35. The lowest BCUT2D eigenvalue weighted by Crippen LogP contribution is -2.36. The van der Waals surface area contributed by atoms with Gasteiger partial charge in [-0.25, -0.2) is 8.42 Å². The summed E-state index contributed by atoms with van der Waals surface area (Å²) in [5.41, 5.74) is 9.42. The van der Waals surface area contributed by atoms with Crippen LogP contribution in [0.2, 0.25) is 0 Å². The van der Waals surface area contributed by atoms with E-state index in [4.69, 9.17) is 5.73 Å². The van der Waals surface area contributed by atoms with E-state index in [2.05, 4.69) is 5.32 Å². The summed E-state index contributed by atoms with van der Waals surface area (Å²) in [4.78, 5) is 12.7. The minimum absolute atomic E-state index is 0. The molecule has 0 heterocycles. The second-order valence-electron chi connectivity index (χ2n) is 6.78. The third kappa shape index (κ3) is 5.79. The van der Waals surface area contributed by atoms with E-state index < -0.39 is 15.9 Å². The zero-order chi connectivity index (χ0) is 19.5. The number of nitrogens with two attached hydrogens (primary N) is 1. The molecule has 0 fully saturated rings. The summed E-state index contributed by atoms with van der Waals surface area (Å²) < 4.78 is 23.9. The predicted octanol–water partition coefficient (Wildman–Crippen LogP) is 2.93. The van der Waals surface area contributed by atoms with Crippen molar-refractivity contribution < 1.29 is 13.2 Å². The first-order valence-electron chi connectivity index (χ1n) is 8.51. The van der Waals surface area contributed by atoms with Crippen LogP contribution in [0.5, 0.6) is 0 Å². The van der Waals surface area contributed by atoms with Crippen molar-refractivity contribution in [2.45, 2.75) is 31.7 Å². The van der Waals surface area contributed by atoms with Crippen molar-refractivity contribution >= 4 is 28.2 Å². The molecule has 1 amide bonds. The van der Waals surface area contributed by atoms with Gasteiger partial charge in [-0.2, -0.15) is 0 Å². The summed E-state index contributed by atoms with van der Waals surface area (Å²) in [7, 11) is -3.34. The molecular weight excluding hydrogens is 384 g/mol. The van der Waals surface area contributed by atoms with Crippen molar-refractivity contribution in [3.8, 4) is 0 Å². The van der Waals surface area contributed by atoms with Crippen LogP contribution in [-0.2, 0) is 14.6 Å². The van der Waals surface area contributed by atoms with Crippen LogP contribution >= 0.6 is 12.4 Å². The monoisotopic (exact) mass is 410 g/mol. The van der Waals surface area contributed by atoms with E-state index in [0.717, 1.165) is 22.3 Å². The summed E-state index contributed by atoms with van der Waals surface area (Å²) in [6.45, 7) is 6.00. The number of carbonyl (C=O) groups excluding carboxylic acids is 1. The molecule has 5 nitrogen and oxygen atoms in total. The molecule has 0 aliphatic rings. The molecule has 7 heteroatoms. The highest BCUT2D eigenvalue weighted by Crippen LogP contribution is 2.27. The van der Waals surface area contributed by atoms with Gasteiger partial charge >= 0.3 is 0 Å². The Kier molecular flexibility index (Phi) is 8.02. The first-order chi connectivity index (χ1) is 12.1. The molecule has 148 valence electrons. The lowest BCUT2D eigenvalue weighted by atomic mass is 9.93. The zero-order valence-electron chi connectivity index (χ0n) is 16.0. The number of carbonyl (C=O) groups is 1. The predicted molar refractivity (Wildman–Crippen MR) is 111 cm³/mol. The standard InChI is InChI=1S/C20H26N2O3S.ClH/c1-13-8-9-18(14(2)10-13)19(22-20(23)15(3)12-21)16-6-5-7-17(11-16)26(4,24)25;/h5-11,15,19H,12,21H2,1-4H3,(H,22,23);1H.